The summed E-state index contributed by atoms with van der Waals surface area (Å²) in [4.78, 5) is 8.67. The van der Waals surface area contributed by atoms with E-state index in [0.717, 1.165) is 12.8 Å². The molecule has 0 spiro atoms. The second-order valence-electron chi connectivity index (χ2n) is 5.34. The molecular weight excluding hydrogens is 236 g/mol. The van der Waals surface area contributed by atoms with Crippen molar-refractivity contribution in [1.82, 2.24) is 14.5 Å². The van der Waals surface area contributed by atoms with Crippen LogP contribution in [-0.4, -0.2) is 20.6 Å². The lowest BCUT2D eigenvalue weighted by atomic mass is 9.98. The molecular formula is C15H20N4. The Labute approximate surface area is 113 Å². The molecule has 4 nitrogen and oxygen atoms in total. The second-order valence-corrected chi connectivity index (χ2v) is 5.34. The summed E-state index contributed by atoms with van der Waals surface area (Å²) >= 11 is 0. The van der Waals surface area contributed by atoms with Gasteiger partial charge in [0.25, 0.3) is 0 Å². The molecule has 1 aliphatic rings. The molecule has 2 unspecified atom stereocenters. The molecule has 1 aliphatic carbocycles. The molecule has 2 heterocycles. The van der Waals surface area contributed by atoms with Gasteiger partial charge in [-0.1, -0.05) is 0 Å². The summed E-state index contributed by atoms with van der Waals surface area (Å²) in [5.74, 6) is 0. The first-order chi connectivity index (χ1) is 9.27. The van der Waals surface area contributed by atoms with Crippen LogP contribution in [0.5, 0.6) is 0 Å². The van der Waals surface area contributed by atoms with Gasteiger partial charge in [0, 0.05) is 24.1 Å². The number of aryl methyl sites for hydroxylation is 1. The molecule has 3 rings (SSSR count). The van der Waals surface area contributed by atoms with Gasteiger partial charge in [-0.25, -0.2) is 4.98 Å². The fraction of sp³-hybridized carbons (Fsp3) is 0.467. The summed E-state index contributed by atoms with van der Waals surface area (Å²) in [6.45, 7) is 2.06. The van der Waals surface area contributed by atoms with E-state index < -0.39 is 0 Å². The average molecular weight is 256 g/mol. The number of rotatable bonds is 3. The molecule has 0 radical (unpaired) electrons. The monoisotopic (exact) mass is 256 g/mol. The molecule has 100 valence electrons. The van der Waals surface area contributed by atoms with Crippen LogP contribution in [0, 0.1) is 0 Å². The Balaban J connectivity index is 2.04. The van der Waals surface area contributed by atoms with E-state index >= 15 is 0 Å². The van der Waals surface area contributed by atoms with Gasteiger partial charge >= 0.3 is 0 Å². The quantitative estimate of drug-likeness (QED) is 0.915. The normalized spacial score (nSPS) is 17.8. The smallest absolute Gasteiger partial charge is 0.0957 e. The zero-order chi connectivity index (χ0) is 13.2. The molecule has 19 heavy (non-hydrogen) atoms. The van der Waals surface area contributed by atoms with Crippen LogP contribution in [0.3, 0.4) is 0 Å². The van der Waals surface area contributed by atoms with Crippen molar-refractivity contribution in [3.63, 3.8) is 0 Å². The van der Waals surface area contributed by atoms with E-state index in [1.165, 1.54) is 29.8 Å². The average Bonchev–Trinajstić information content (AvgIpc) is 2.84. The van der Waals surface area contributed by atoms with Crippen molar-refractivity contribution < 1.29 is 0 Å². The highest BCUT2D eigenvalue weighted by atomic mass is 15.1. The summed E-state index contributed by atoms with van der Waals surface area (Å²) in [6, 6.07) is 4.28. The van der Waals surface area contributed by atoms with Crippen molar-refractivity contribution in [3.05, 3.63) is 47.8 Å². The minimum Gasteiger partial charge on any atom is -0.326 e. The Bertz CT molecular complexity index is 545. The first-order valence-corrected chi connectivity index (χ1v) is 6.97. The van der Waals surface area contributed by atoms with E-state index in [9.17, 15) is 0 Å². The number of fused-ring (bicyclic) bond motifs is 1. The predicted molar refractivity (Wildman–Crippen MR) is 74.9 cm³/mol. The Hall–Kier alpha value is -1.68. The largest absolute Gasteiger partial charge is 0.326 e. The third-order valence-corrected chi connectivity index (χ3v) is 3.91. The maximum atomic E-state index is 6.22. The highest BCUT2D eigenvalue weighted by molar-refractivity contribution is 5.24. The molecule has 0 saturated heterocycles. The Morgan fingerprint density at radius 1 is 1.21 bits per heavy atom. The van der Waals surface area contributed by atoms with Crippen LogP contribution >= 0.6 is 0 Å². The summed E-state index contributed by atoms with van der Waals surface area (Å²) in [6.07, 6.45) is 10.3. The maximum absolute atomic E-state index is 6.22. The first-order valence-electron chi connectivity index (χ1n) is 6.97. The van der Waals surface area contributed by atoms with E-state index in [4.69, 9.17) is 5.73 Å². The van der Waals surface area contributed by atoms with Crippen LogP contribution < -0.4 is 5.73 Å². The van der Waals surface area contributed by atoms with Gasteiger partial charge in [-0.2, -0.15) is 0 Å². The molecule has 2 N–H and O–H groups in total. The standard InChI is InChI=1S/C15H20N4/c1-11(16)15(12-6-8-17-9-7-12)19-10-18-13-4-2-3-5-14(13)19/h6-11,15H,2-5,16H2,1H3. The summed E-state index contributed by atoms with van der Waals surface area (Å²) in [5.41, 5.74) is 10.1. The Morgan fingerprint density at radius 2 is 1.95 bits per heavy atom. The lowest BCUT2D eigenvalue weighted by Crippen LogP contribution is -2.31. The van der Waals surface area contributed by atoms with E-state index in [-0.39, 0.29) is 12.1 Å². The van der Waals surface area contributed by atoms with Crippen molar-refractivity contribution in [1.29, 1.82) is 0 Å². The molecule has 2 aromatic rings. The van der Waals surface area contributed by atoms with Gasteiger partial charge in [-0.05, 0) is 50.3 Å². The van der Waals surface area contributed by atoms with Gasteiger partial charge in [0.2, 0.25) is 0 Å². The number of imidazole rings is 1. The highest BCUT2D eigenvalue weighted by Gasteiger charge is 2.24. The zero-order valence-corrected chi connectivity index (χ0v) is 11.3. The Kier molecular flexibility index (Phi) is 3.34. The van der Waals surface area contributed by atoms with Crippen LogP contribution in [0.15, 0.2) is 30.9 Å². The van der Waals surface area contributed by atoms with Crippen LogP contribution in [0.1, 0.15) is 42.8 Å². The van der Waals surface area contributed by atoms with Gasteiger partial charge in [-0.15, -0.1) is 0 Å². The predicted octanol–water partition coefficient (Wildman–Crippen LogP) is 2.09. The number of nitrogens with zero attached hydrogens (tertiary/aromatic N) is 3. The molecule has 2 atom stereocenters. The van der Waals surface area contributed by atoms with Crippen LogP contribution in [0.2, 0.25) is 0 Å². The van der Waals surface area contributed by atoms with Crippen molar-refractivity contribution in [2.24, 2.45) is 5.73 Å². The first kappa shape index (κ1) is 12.4. The van der Waals surface area contributed by atoms with Gasteiger partial charge < -0.3 is 10.3 Å². The molecule has 0 bridgehead atoms. The number of hydrogen-bond acceptors (Lipinski definition) is 3. The van der Waals surface area contributed by atoms with Crippen molar-refractivity contribution in [3.8, 4) is 0 Å². The van der Waals surface area contributed by atoms with Crippen molar-refractivity contribution >= 4 is 0 Å². The van der Waals surface area contributed by atoms with Crippen LogP contribution in [-0.2, 0) is 12.8 Å². The molecule has 4 heteroatoms. The topological polar surface area (TPSA) is 56.7 Å². The minimum atomic E-state index is 0.0441. The van der Waals surface area contributed by atoms with Gasteiger partial charge in [-0.3, -0.25) is 4.98 Å². The number of pyridine rings is 1. The van der Waals surface area contributed by atoms with E-state index in [1.54, 1.807) is 0 Å². The van der Waals surface area contributed by atoms with Gasteiger partial charge in [0.15, 0.2) is 0 Å². The lowest BCUT2D eigenvalue weighted by Gasteiger charge is -2.26. The summed E-state index contributed by atoms with van der Waals surface area (Å²) in [5, 5.41) is 0. The maximum Gasteiger partial charge on any atom is 0.0957 e. The van der Waals surface area contributed by atoms with Gasteiger partial charge in [0.05, 0.1) is 18.1 Å². The summed E-state index contributed by atoms with van der Waals surface area (Å²) < 4.78 is 2.27. The number of hydrogen-bond donors (Lipinski definition) is 1. The second kappa shape index (κ2) is 5.13. The minimum absolute atomic E-state index is 0.0441. The molecule has 0 amide bonds. The van der Waals surface area contributed by atoms with Crippen LogP contribution in [0.4, 0.5) is 0 Å². The van der Waals surface area contributed by atoms with Gasteiger partial charge in [0.1, 0.15) is 0 Å². The Morgan fingerprint density at radius 3 is 2.68 bits per heavy atom. The third-order valence-electron chi connectivity index (χ3n) is 3.91. The van der Waals surface area contributed by atoms with Crippen molar-refractivity contribution in [2.45, 2.75) is 44.7 Å². The summed E-state index contributed by atoms with van der Waals surface area (Å²) in [7, 11) is 0. The van der Waals surface area contributed by atoms with E-state index in [1.807, 2.05) is 30.9 Å². The highest BCUT2D eigenvalue weighted by Crippen LogP contribution is 2.27. The SMILES string of the molecule is CC(N)C(c1ccncc1)n1cnc2c1CCCC2. The fourth-order valence-corrected chi connectivity index (χ4v) is 3.01. The molecule has 0 aliphatic heterocycles. The molecule has 2 aromatic heterocycles. The van der Waals surface area contributed by atoms with Crippen LogP contribution in [0.25, 0.3) is 0 Å². The molecule has 0 aromatic carbocycles. The third kappa shape index (κ3) is 2.28. The lowest BCUT2D eigenvalue weighted by molar-refractivity contribution is 0.473. The fourth-order valence-electron chi connectivity index (χ4n) is 3.01. The number of aromatic nitrogens is 3. The molecule has 0 saturated carbocycles. The van der Waals surface area contributed by atoms with E-state index in [2.05, 4.69) is 21.5 Å². The van der Waals surface area contributed by atoms with Crippen molar-refractivity contribution in [2.75, 3.05) is 0 Å². The van der Waals surface area contributed by atoms with E-state index in [0.29, 0.717) is 0 Å². The number of nitrogens with two attached hydrogens (primary N) is 1. The zero-order valence-electron chi connectivity index (χ0n) is 11.3. The molecule has 0 fully saturated rings.